The summed E-state index contributed by atoms with van der Waals surface area (Å²) in [6, 6.07) is 12.9. The summed E-state index contributed by atoms with van der Waals surface area (Å²) in [5.74, 6) is 2.91. The molecule has 0 aliphatic carbocycles. The fourth-order valence-corrected chi connectivity index (χ4v) is 4.00. The van der Waals surface area contributed by atoms with E-state index in [0.29, 0.717) is 54.3 Å². The van der Waals surface area contributed by atoms with E-state index in [0.717, 1.165) is 18.4 Å². The van der Waals surface area contributed by atoms with Crippen molar-refractivity contribution < 1.29 is 23.4 Å². The van der Waals surface area contributed by atoms with Crippen molar-refractivity contribution in [2.45, 2.75) is 25.7 Å². The molecule has 0 N–H and O–H groups in total. The number of para-hydroxylation sites is 1. The third-order valence-electron chi connectivity index (χ3n) is 5.54. The Morgan fingerprint density at radius 3 is 2.94 bits per heavy atom. The van der Waals surface area contributed by atoms with E-state index in [2.05, 4.69) is 10.2 Å². The molecular formula is C23H23N3O5. The van der Waals surface area contributed by atoms with Crippen molar-refractivity contribution in [3.63, 3.8) is 0 Å². The van der Waals surface area contributed by atoms with Gasteiger partial charge in [0.25, 0.3) is 5.91 Å². The van der Waals surface area contributed by atoms with E-state index in [1.807, 2.05) is 48.2 Å². The Morgan fingerprint density at radius 1 is 1.16 bits per heavy atom. The van der Waals surface area contributed by atoms with E-state index in [9.17, 15) is 4.79 Å². The smallest absolute Gasteiger partial charge is 0.257 e. The largest absolute Gasteiger partial charge is 0.493 e. The minimum atomic E-state index is -0.0377. The Morgan fingerprint density at radius 2 is 2.03 bits per heavy atom. The van der Waals surface area contributed by atoms with Crippen LogP contribution < -0.4 is 14.2 Å². The lowest BCUT2D eigenvalue weighted by molar-refractivity contribution is 0.0694. The number of aromatic nitrogens is 2. The average Bonchev–Trinajstić information content (AvgIpc) is 3.49. The zero-order chi connectivity index (χ0) is 21.2. The van der Waals surface area contributed by atoms with Crippen molar-refractivity contribution in [2.75, 3.05) is 26.5 Å². The Kier molecular flexibility index (Phi) is 5.19. The van der Waals surface area contributed by atoms with Crippen LogP contribution in [0.4, 0.5) is 0 Å². The Labute approximate surface area is 179 Å². The van der Waals surface area contributed by atoms with Gasteiger partial charge in [-0.1, -0.05) is 12.1 Å². The molecule has 0 radical (unpaired) electrons. The summed E-state index contributed by atoms with van der Waals surface area (Å²) in [5, 5.41) is 8.49. The van der Waals surface area contributed by atoms with Gasteiger partial charge >= 0.3 is 0 Å². The van der Waals surface area contributed by atoms with Gasteiger partial charge in [0.05, 0.1) is 18.1 Å². The van der Waals surface area contributed by atoms with E-state index >= 15 is 0 Å². The Bertz CT molecular complexity index is 1100. The molecule has 31 heavy (non-hydrogen) atoms. The molecule has 1 aromatic heterocycles. The standard InChI is InChI=1S/C23H23N3O5/c1-2-28-18-8-4-3-7-17(18)23(27)26-11-5-6-16(13-26)22-25-24-21(31-22)15-9-10-19-20(12-15)30-14-29-19/h3-4,7-10,12,16H,2,5-6,11,13-14H2,1H3. The highest BCUT2D eigenvalue weighted by Crippen LogP contribution is 2.36. The fourth-order valence-electron chi connectivity index (χ4n) is 4.00. The maximum atomic E-state index is 13.2. The van der Waals surface area contributed by atoms with Gasteiger partial charge in [-0.05, 0) is 50.1 Å². The van der Waals surface area contributed by atoms with Crippen LogP contribution in [0.15, 0.2) is 46.9 Å². The van der Waals surface area contributed by atoms with Crippen LogP contribution >= 0.6 is 0 Å². The number of fused-ring (bicyclic) bond motifs is 1. The molecular weight excluding hydrogens is 398 g/mol. The monoisotopic (exact) mass is 421 g/mol. The van der Waals surface area contributed by atoms with Crippen LogP contribution in [-0.2, 0) is 0 Å². The van der Waals surface area contributed by atoms with E-state index < -0.39 is 0 Å². The zero-order valence-electron chi connectivity index (χ0n) is 17.2. The third kappa shape index (κ3) is 3.81. The van der Waals surface area contributed by atoms with Crippen molar-refractivity contribution in [3.8, 4) is 28.7 Å². The van der Waals surface area contributed by atoms with E-state index in [1.165, 1.54) is 0 Å². The van der Waals surface area contributed by atoms with E-state index in [-0.39, 0.29) is 18.6 Å². The van der Waals surface area contributed by atoms with Gasteiger partial charge < -0.3 is 23.5 Å². The minimum Gasteiger partial charge on any atom is -0.493 e. The molecule has 1 fully saturated rings. The average molecular weight is 421 g/mol. The van der Waals surface area contributed by atoms with Crippen LogP contribution in [0.2, 0.25) is 0 Å². The number of benzene rings is 2. The highest BCUT2D eigenvalue weighted by atomic mass is 16.7. The van der Waals surface area contributed by atoms with Gasteiger partial charge in [-0.25, -0.2) is 0 Å². The molecule has 1 amide bonds. The topological polar surface area (TPSA) is 86.9 Å². The number of nitrogens with zero attached hydrogens (tertiary/aromatic N) is 3. The number of rotatable bonds is 5. The molecule has 1 unspecified atom stereocenters. The zero-order valence-corrected chi connectivity index (χ0v) is 17.2. The SMILES string of the molecule is CCOc1ccccc1C(=O)N1CCCC(c2nnc(-c3ccc4c(c3)OCO4)o2)C1. The van der Waals surface area contributed by atoms with Crippen LogP contribution in [0.1, 0.15) is 41.9 Å². The number of hydrogen-bond donors (Lipinski definition) is 0. The second-order valence-electron chi connectivity index (χ2n) is 7.53. The van der Waals surface area contributed by atoms with Gasteiger partial charge in [0, 0.05) is 18.7 Å². The quantitative estimate of drug-likeness (QED) is 0.618. The molecule has 3 heterocycles. The predicted octanol–water partition coefficient (Wildman–Crippen LogP) is 3.88. The number of likely N-dealkylation sites (tertiary alicyclic amines) is 1. The van der Waals surface area contributed by atoms with E-state index in [1.54, 1.807) is 6.07 Å². The van der Waals surface area contributed by atoms with E-state index in [4.69, 9.17) is 18.6 Å². The first-order valence-electron chi connectivity index (χ1n) is 10.5. The molecule has 1 saturated heterocycles. The number of carbonyl (C=O) groups excluding carboxylic acids is 1. The van der Waals surface area contributed by atoms with Crippen LogP contribution in [0, 0.1) is 0 Å². The first kappa shape index (κ1) is 19.4. The first-order chi connectivity index (χ1) is 15.2. The minimum absolute atomic E-state index is 0.00721. The molecule has 160 valence electrons. The van der Waals surface area contributed by atoms with Crippen molar-refractivity contribution in [2.24, 2.45) is 0 Å². The molecule has 3 aromatic rings. The van der Waals surface area contributed by atoms with Crippen molar-refractivity contribution in [3.05, 3.63) is 53.9 Å². The first-order valence-corrected chi connectivity index (χ1v) is 10.5. The molecule has 2 aliphatic heterocycles. The summed E-state index contributed by atoms with van der Waals surface area (Å²) >= 11 is 0. The Balaban J connectivity index is 1.33. The molecule has 0 saturated carbocycles. The van der Waals surface area contributed by atoms with Gasteiger partial charge in [0.2, 0.25) is 18.6 Å². The summed E-state index contributed by atoms with van der Waals surface area (Å²) in [6.45, 7) is 3.86. The molecule has 1 atom stereocenters. The second-order valence-corrected chi connectivity index (χ2v) is 7.53. The highest BCUT2D eigenvalue weighted by Gasteiger charge is 2.30. The van der Waals surface area contributed by atoms with Crippen LogP contribution in [0.3, 0.4) is 0 Å². The van der Waals surface area contributed by atoms with Gasteiger partial charge in [0.1, 0.15) is 5.75 Å². The summed E-state index contributed by atoms with van der Waals surface area (Å²) in [7, 11) is 0. The number of piperidine rings is 1. The molecule has 8 nitrogen and oxygen atoms in total. The lowest BCUT2D eigenvalue weighted by Gasteiger charge is -2.31. The van der Waals surface area contributed by atoms with Crippen LogP contribution in [-0.4, -0.2) is 47.5 Å². The summed E-state index contributed by atoms with van der Waals surface area (Å²) < 4.78 is 22.4. The second kappa shape index (κ2) is 8.29. The molecule has 2 aromatic carbocycles. The third-order valence-corrected chi connectivity index (χ3v) is 5.54. The number of hydrogen-bond acceptors (Lipinski definition) is 7. The highest BCUT2D eigenvalue weighted by molar-refractivity contribution is 5.97. The van der Waals surface area contributed by atoms with Gasteiger partial charge in [0.15, 0.2) is 11.5 Å². The van der Waals surface area contributed by atoms with Gasteiger partial charge in [-0.15, -0.1) is 10.2 Å². The Hall–Kier alpha value is -3.55. The maximum Gasteiger partial charge on any atom is 0.257 e. The normalized spacial score (nSPS) is 17.6. The molecule has 0 bridgehead atoms. The molecule has 2 aliphatic rings. The van der Waals surface area contributed by atoms with Gasteiger partial charge in [-0.3, -0.25) is 4.79 Å². The maximum absolute atomic E-state index is 13.2. The molecule has 0 spiro atoms. The molecule has 5 rings (SSSR count). The number of amides is 1. The lowest BCUT2D eigenvalue weighted by Crippen LogP contribution is -2.39. The van der Waals surface area contributed by atoms with Crippen LogP contribution in [0.5, 0.6) is 17.2 Å². The predicted molar refractivity (Wildman–Crippen MR) is 111 cm³/mol. The van der Waals surface area contributed by atoms with Gasteiger partial charge in [-0.2, -0.15) is 0 Å². The van der Waals surface area contributed by atoms with Crippen molar-refractivity contribution in [1.82, 2.24) is 15.1 Å². The number of ether oxygens (including phenoxy) is 3. The lowest BCUT2D eigenvalue weighted by atomic mass is 9.97. The fraction of sp³-hybridized carbons (Fsp3) is 0.348. The summed E-state index contributed by atoms with van der Waals surface area (Å²) in [6.07, 6.45) is 1.76. The van der Waals surface area contributed by atoms with Crippen LogP contribution in [0.25, 0.3) is 11.5 Å². The number of carbonyl (C=O) groups is 1. The summed E-state index contributed by atoms with van der Waals surface area (Å²) in [5.41, 5.74) is 1.36. The summed E-state index contributed by atoms with van der Waals surface area (Å²) in [4.78, 5) is 15.0. The van der Waals surface area contributed by atoms with Crippen molar-refractivity contribution in [1.29, 1.82) is 0 Å². The van der Waals surface area contributed by atoms with Crippen molar-refractivity contribution >= 4 is 5.91 Å². The molecule has 8 heteroatoms.